The fourth-order valence-corrected chi connectivity index (χ4v) is 3.62. The van der Waals surface area contributed by atoms with Gasteiger partial charge in [-0.3, -0.25) is 4.79 Å². The van der Waals surface area contributed by atoms with Crippen LogP contribution in [0.2, 0.25) is 0 Å². The van der Waals surface area contributed by atoms with E-state index in [1.807, 2.05) is 0 Å². The second-order valence-corrected chi connectivity index (χ2v) is 7.50. The van der Waals surface area contributed by atoms with Crippen LogP contribution < -0.4 is 10.1 Å². The molecule has 1 aliphatic heterocycles. The molecule has 6 nitrogen and oxygen atoms in total. The summed E-state index contributed by atoms with van der Waals surface area (Å²) in [5, 5.41) is 2.81. The zero-order chi connectivity index (χ0) is 23.0. The van der Waals surface area contributed by atoms with E-state index in [9.17, 15) is 18.0 Å². The Morgan fingerprint density at radius 3 is 2.55 bits per heavy atom. The number of aromatic nitrogens is 3. The Balaban J connectivity index is 1.37. The fraction of sp³-hybridized carbons (Fsp3) is 0.125. The highest BCUT2D eigenvalue weighted by Gasteiger charge is 2.30. The van der Waals surface area contributed by atoms with Crippen LogP contribution in [-0.2, 0) is 12.6 Å². The second-order valence-electron chi connectivity index (χ2n) is 7.50. The number of hydrogen-bond donors (Lipinski definition) is 2. The van der Waals surface area contributed by atoms with Gasteiger partial charge in [0.1, 0.15) is 11.5 Å². The number of alkyl halides is 3. The van der Waals surface area contributed by atoms with Gasteiger partial charge in [-0.05, 0) is 54.6 Å². The fourth-order valence-electron chi connectivity index (χ4n) is 3.62. The average molecular weight is 450 g/mol. The molecule has 2 aromatic carbocycles. The van der Waals surface area contributed by atoms with E-state index in [2.05, 4.69) is 20.3 Å². The molecule has 5 rings (SSSR count). The monoisotopic (exact) mass is 450 g/mol. The summed E-state index contributed by atoms with van der Waals surface area (Å²) in [6, 6.07) is 15.0. The van der Waals surface area contributed by atoms with Crippen molar-refractivity contribution in [2.24, 2.45) is 0 Å². The van der Waals surface area contributed by atoms with E-state index in [0.29, 0.717) is 34.9 Å². The quantitative estimate of drug-likeness (QED) is 0.446. The van der Waals surface area contributed by atoms with E-state index in [-0.39, 0.29) is 11.7 Å². The van der Waals surface area contributed by atoms with Crippen LogP contribution >= 0.6 is 0 Å². The number of rotatable bonds is 4. The Morgan fingerprint density at radius 1 is 0.970 bits per heavy atom. The molecular weight excluding hydrogens is 433 g/mol. The standard InChI is InChI=1S/C24H17F3N4O2/c25-24(26,27)15-2-1-3-17(12-15)33-16-6-4-14(5-7-16)22-28-10-9-20(31-22)21-13-18-19(30-21)8-11-29-23(18)32/h1-7,9-10,12-13,30H,8,11H2,(H,29,32). The first-order chi connectivity index (χ1) is 15.9. The summed E-state index contributed by atoms with van der Waals surface area (Å²) < 4.78 is 44.3. The minimum Gasteiger partial charge on any atom is -0.457 e. The number of amides is 1. The third-order valence-electron chi connectivity index (χ3n) is 5.25. The van der Waals surface area contributed by atoms with E-state index in [4.69, 9.17) is 4.74 Å². The highest BCUT2D eigenvalue weighted by atomic mass is 19.4. The minimum atomic E-state index is -4.44. The van der Waals surface area contributed by atoms with Crippen LogP contribution in [0.25, 0.3) is 22.8 Å². The Hall–Kier alpha value is -4.14. The highest BCUT2D eigenvalue weighted by molar-refractivity contribution is 5.97. The van der Waals surface area contributed by atoms with Gasteiger partial charge in [-0.2, -0.15) is 13.2 Å². The lowest BCUT2D eigenvalue weighted by Gasteiger charge is -2.11. The lowest BCUT2D eigenvalue weighted by molar-refractivity contribution is -0.137. The van der Waals surface area contributed by atoms with Gasteiger partial charge in [0.05, 0.1) is 22.5 Å². The number of H-pyrrole nitrogens is 1. The zero-order valence-electron chi connectivity index (χ0n) is 17.1. The van der Waals surface area contributed by atoms with Crippen LogP contribution in [0.1, 0.15) is 21.6 Å². The van der Waals surface area contributed by atoms with Gasteiger partial charge in [0.15, 0.2) is 5.82 Å². The normalized spacial score (nSPS) is 13.4. The summed E-state index contributed by atoms with van der Waals surface area (Å²) in [4.78, 5) is 24.2. The molecule has 0 atom stereocenters. The molecule has 0 saturated heterocycles. The van der Waals surface area contributed by atoms with Crippen molar-refractivity contribution in [2.45, 2.75) is 12.6 Å². The zero-order valence-corrected chi connectivity index (χ0v) is 17.1. The number of nitrogens with zero attached hydrogens (tertiary/aromatic N) is 2. The first-order valence-corrected chi connectivity index (χ1v) is 10.2. The molecule has 0 fully saturated rings. The van der Waals surface area contributed by atoms with Crippen LogP contribution in [0, 0.1) is 0 Å². The Bertz CT molecular complexity index is 1330. The van der Waals surface area contributed by atoms with Gasteiger partial charge in [0.2, 0.25) is 0 Å². The van der Waals surface area contributed by atoms with Crippen LogP contribution in [0.3, 0.4) is 0 Å². The van der Waals surface area contributed by atoms with Crippen LogP contribution in [0.15, 0.2) is 66.9 Å². The summed E-state index contributed by atoms with van der Waals surface area (Å²) in [5.74, 6) is 0.840. The van der Waals surface area contributed by atoms with Gasteiger partial charge in [-0.15, -0.1) is 0 Å². The highest BCUT2D eigenvalue weighted by Crippen LogP contribution is 2.33. The summed E-state index contributed by atoms with van der Waals surface area (Å²) in [7, 11) is 0. The molecule has 2 aromatic heterocycles. The van der Waals surface area contributed by atoms with Crippen molar-refractivity contribution in [2.75, 3.05) is 6.54 Å². The molecule has 0 spiro atoms. The third kappa shape index (κ3) is 4.30. The molecule has 3 heterocycles. The number of aromatic amines is 1. The van der Waals surface area contributed by atoms with E-state index in [1.165, 1.54) is 12.1 Å². The number of carbonyl (C=O) groups excluding carboxylic acids is 1. The maximum atomic E-state index is 12.9. The molecule has 0 saturated carbocycles. The number of nitrogens with one attached hydrogen (secondary N) is 2. The van der Waals surface area contributed by atoms with Crippen molar-refractivity contribution in [1.29, 1.82) is 0 Å². The molecule has 0 unspecified atom stereocenters. The number of hydrogen-bond acceptors (Lipinski definition) is 4. The van der Waals surface area contributed by atoms with Crippen LogP contribution in [0.5, 0.6) is 11.5 Å². The summed E-state index contributed by atoms with van der Waals surface area (Å²) in [5.41, 5.74) is 2.81. The first kappa shape index (κ1) is 20.7. The van der Waals surface area contributed by atoms with Crippen molar-refractivity contribution in [3.05, 3.63) is 83.7 Å². The number of fused-ring (bicyclic) bond motifs is 1. The van der Waals surface area contributed by atoms with Crippen molar-refractivity contribution in [3.8, 4) is 34.3 Å². The van der Waals surface area contributed by atoms with E-state index >= 15 is 0 Å². The van der Waals surface area contributed by atoms with Crippen LogP contribution in [-0.4, -0.2) is 27.4 Å². The van der Waals surface area contributed by atoms with E-state index in [0.717, 1.165) is 29.9 Å². The Morgan fingerprint density at radius 2 is 1.79 bits per heavy atom. The Labute approximate surface area is 186 Å². The van der Waals surface area contributed by atoms with Crippen molar-refractivity contribution in [3.63, 3.8) is 0 Å². The molecule has 4 aromatic rings. The van der Waals surface area contributed by atoms with Gasteiger partial charge in [-0.25, -0.2) is 9.97 Å². The summed E-state index contributed by atoms with van der Waals surface area (Å²) >= 11 is 0. The summed E-state index contributed by atoms with van der Waals surface area (Å²) in [6.07, 6.45) is -2.08. The van der Waals surface area contributed by atoms with Gasteiger partial charge < -0.3 is 15.0 Å². The topological polar surface area (TPSA) is 79.9 Å². The number of halogens is 3. The minimum absolute atomic E-state index is 0.0931. The van der Waals surface area contributed by atoms with Gasteiger partial charge in [-0.1, -0.05) is 6.07 Å². The number of benzene rings is 2. The number of ether oxygens (including phenoxy) is 1. The summed E-state index contributed by atoms with van der Waals surface area (Å²) in [6.45, 7) is 0.593. The molecule has 33 heavy (non-hydrogen) atoms. The third-order valence-corrected chi connectivity index (χ3v) is 5.25. The van der Waals surface area contributed by atoms with E-state index < -0.39 is 11.7 Å². The maximum absolute atomic E-state index is 12.9. The smallest absolute Gasteiger partial charge is 0.416 e. The molecule has 1 aliphatic rings. The molecule has 166 valence electrons. The predicted octanol–water partition coefficient (Wildman–Crippen LogP) is 5.24. The molecule has 0 aliphatic carbocycles. The number of carbonyl (C=O) groups is 1. The lowest BCUT2D eigenvalue weighted by Crippen LogP contribution is -2.31. The molecular formula is C24H17F3N4O2. The first-order valence-electron chi connectivity index (χ1n) is 10.2. The molecule has 9 heteroatoms. The van der Waals surface area contributed by atoms with Crippen molar-refractivity contribution >= 4 is 5.91 Å². The maximum Gasteiger partial charge on any atom is 0.416 e. The van der Waals surface area contributed by atoms with Gasteiger partial charge in [0, 0.05) is 30.4 Å². The Kier molecular flexibility index (Phi) is 5.08. The van der Waals surface area contributed by atoms with Crippen molar-refractivity contribution in [1.82, 2.24) is 20.3 Å². The molecule has 0 radical (unpaired) electrons. The van der Waals surface area contributed by atoms with E-state index in [1.54, 1.807) is 42.6 Å². The SMILES string of the molecule is O=C1NCCc2[nH]c(-c3ccnc(-c4ccc(Oc5cccc(C(F)(F)F)c5)cc4)n3)cc21. The van der Waals surface area contributed by atoms with Gasteiger partial charge in [0.25, 0.3) is 5.91 Å². The predicted molar refractivity (Wildman–Crippen MR) is 115 cm³/mol. The largest absolute Gasteiger partial charge is 0.457 e. The average Bonchev–Trinajstić information content (AvgIpc) is 3.25. The second kappa shape index (κ2) is 8.09. The molecule has 2 N–H and O–H groups in total. The van der Waals surface area contributed by atoms with Gasteiger partial charge >= 0.3 is 6.18 Å². The van der Waals surface area contributed by atoms with Crippen LogP contribution in [0.4, 0.5) is 13.2 Å². The van der Waals surface area contributed by atoms with Crippen molar-refractivity contribution < 1.29 is 22.7 Å². The molecule has 1 amide bonds. The lowest BCUT2D eigenvalue weighted by atomic mass is 10.1. The molecule has 0 bridgehead atoms.